The van der Waals surface area contributed by atoms with Crippen LogP contribution in [-0.4, -0.2) is 76.4 Å². The van der Waals surface area contributed by atoms with Crippen molar-refractivity contribution in [3.63, 3.8) is 0 Å². The van der Waals surface area contributed by atoms with E-state index in [1.54, 1.807) is 21.3 Å². The van der Waals surface area contributed by atoms with E-state index in [-0.39, 0.29) is 0 Å². The van der Waals surface area contributed by atoms with E-state index in [0.717, 1.165) is 63.1 Å². The predicted octanol–water partition coefficient (Wildman–Crippen LogP) is 3.50. The molecule has 2 aromatic rings. The first-order valence-corrected chi connectivity index (χ1v) is 11.3. The molecule has 0 amide bonds. The summed E-state index contributed by atoms with van der Waals surface area (Å²) in [5.41, 5.74) is 2.54. The molecule has 2 heterocycles. The molecule has 0 saturated carbocycles. The molecule has 0 bridgehead atoms. The molecule has 6 nitrogen and oxygen atoms in total. The fourth-order valence-electron chi connectivity index (χ4n) is 4.83. The summed E-state index contributed by atoms with van der Waals surface area (Å²) in [7, 11) is 5.13. The second-order valence-electron chi connectivity index (χ2n) is 8.47. The molecule has 4 rings (SSSR count). The smallest absolute Gasteiger partial charge is 0.122 e. The van der Waals surface area contributed by atoms with E-state index in [4.69, 9.17) is 14.2 Å². The van der Waals surface area contributed by atoms with Crippen LogP contribution in [-0.2, 0) is 6.54 Å². The first kappa shape index (κ1) is 21.8. The van der Waals surface area contributed by atoms with Gasteiger partial charge in [0.15, 0.2) is 0 Å². The predicted molar refractivity (Wildman–Crippen MR) is 125 cm³/mol. The van der Waals surface area contributed by atoms with Crippen molar-refractivity contribution in [3.8, 4) is 17.2 Å². The summed E-state index contributed by atoms with van der Waals surface area (Å²) in [5, 5.41) is 0. The van der Waals surface area contributed by atoms with Crippen molar-refractivity contribution in [3.05, 3.63) is 48.0 Å². The van der Waals surface area contributed by atoms with Crippen molar-refractivity contribution in [1.82, 2.24) is 9.80 Å². The third-order valence-electron chi connectivity index (χ3n) is 6.57. The normalized spacial score (nSPS) is 20.5. The summed E-state index contributed by atoms with van der Waals surface area (Å²) < 4.78 is 16.2. The number of ether oxygens (including phenoxy) is 3. The van der Waals surface area contributed by atoms with Crippen LogP contribution in [0.1, 0.15) is 18.4 Å². The molecule has 0 N–H and O–H groups in total. The van der Waals surface area contributed by atoms with Gasteiger partial charge < -0.3 is 19.1 Å². The second-order valence-corrected chi connectivity index (χ2v) is 8.47. The summed E-state index contributed by atoms with van der Waals surface area (Å²) >= 11 is 0. The lowest BCUT2D eigenvalue weighted by atomic mass is 10.0. The minimum absolute atomic E-state index is 0.638. The number of nitrogens with zero attached hydrogens (tertiary/aromatic N) is 3. The van der Waals surface area contributed by atoms with Gasteiger partial charge in [0.1, 0.15) is 17.2 Å². The van der Waals surface area contributed by atoms with Crippen LogP contribution < -0.4 is 19.1 Å². The SMILES string of the molecule is COc1ccc(N2CCN([C@H]3CCCN(Cc4cc(OC)cc(OC)c4)C3)CC2)cc1. The Kier molecular flexibility index (Phi) is 7.20. The summed E-state index contributed by atoms with van der Waals surface area (Å²) in [6.07, 6.45) is 2.55. The molecule has 2 saturated heterocycles. The van der Waals surface area contributed by atoms with Crippen molar-refractivity contribution in [2.24, 2.45) is 0 Å². The zero-order valence-corrected chi connectivity index (χ0v) is 19.0. The molecule has 168 valence electrons. The number of piperazine rings is 1. The number of rotatable bonds is 7. The zero-order valence-electron chi connectivity index (χ0n) is 19.0. The second kappa shape index (κ2) is 10.2. The average Bonchev–Trinajstić information content (AvgIpc) is 2.84. The van der Waals surface area contributed by atoms with Crippen LogP contribution in [0.2, 0.25) is 0 Å². The van der Waals surface area contributed by atoms with Crippen LogP contribution in [0.3, 0.4) is 0 Å². The molecule has 2 aliphatic heterocycles. The quantitative estimate of drug-likeness (QED) is 0.676. The van der Waals surface area contributed by atoms with Crippen molar-refractivity contribution >= 4 is 5.69 Å². The fourth-order valence-corrected chi connectivity index (χ4v) is 4.83. The number of likely N-dealkylation sites (tertiary alicyclic amines) is 1. The maximum Gasteiger partial charge on any atom is 0.122 e. The van der Waals surface area contributed by atoms with Crippen LogP contribution in [0.4, 0.5) is 5.69 Å². The highest BCUT2D eigenvalue weighted by Crippen LogP contribution is 2.26. The molecular formula is C25H35N3O3. The van der Waals surface area contributed by atoms with Gasteiger partial charge in [0.25, 0.3) is 0 Å². The lowest BCUT2D eigenvalue weighted by Gasteiger charge is -2.44. The van der Waals surface area contributed by atoms with Crippen LogP contribution in [0.15, 0.2) is 42.5 Å². The number of piperidine rings is 1. The lowest BCUT2D eigenvalue weighted by molar-refractivity contribution is 0.0887. The Morgan fingerprint density at radius 3 is 2.03 bits per heavy atom. The summed E-state index contributed by atoms with van der Waals surface area (Å²) in [6.45, 7) is 7.63. The molecule has 6 heteroatoms. The standard InChI is InChI=1S/C25H35N3O3/c1-29-23-8-6-21(7-9-23)27-11-13-28(14-12-27)22-5-4-10-26(19-22)18-20-15-24(30-2)17-25(16-20)31-3/h6-9,15-17,22H,4-5,10-14,18-19H2,1-3H3/t22-/m0/s1. The van der Waals surface area contributed by atoms with Crippen molar-refractivity contribution < 1.29 is 14.2 Å². The van der Waals surface area contributed by atoms with Crippen LogP contribution >= 0.6 is 0 Å². The van der Waals surface area contributed by atoms with E-state index >= 15 is 0 Å². The summed E-state index contributed by atoms with van der Waals surface area (Å²) in [5.74, 6) is 2.63. The number of anilines is 1. The molecule has 2 aliphatic rings. The molecule has 31 heavy (non-hydrogen) atoms. The Labute approximate surface area is 186 Å². The van der Waals surface area contributed by atoms with E-state index in [2.05, 4.69) is 39.0 Å². The summed E-state index contributed by atoms with van der Waals surface area (Å²) in [6, 6.07) is 15.3. The third kappa shape index (κ3) is 5.43. The molecule has 2 aromatic carbocycles. The minimum Gasteiger partial charge on any atom is -0.497 e. The number of hydrogen-bond donors (Lipinski definition) is 0. The fraction of sp³-hybridized carbons (Fsp3) is 0.520. The monoisotopic (exact) mass is 425 g/mol. The Hall–Kier alpha value is -2.44. The van der Waals surface area contributed by atoms with E-state index < -0.39 is 0 Å². The Balaban J connectivity index is 1.32. The van der Waals surface area contributed by atoms with Gasteiger partial charge in [-0.1, -0.05) is 0 Å². The maximum atomic E-state index is 5.44. The van der Waals surface area contributed by atoms with E-state index in [9.17, 15) is 0 Å². The molecule has 0 radical (unpaired) electrons. The van der Waals surface area contributed by atoms with Crippen molar-refractivity contribution in [2.75, 3.05) is 65.5 Å². The molecule has 0 aliphatic carbocycles. The zero-order chi connectivity index (χ0) is 21.6. The average molecular weight is 426 g/mol. The van der Waals surface area contributed by atoms with Gasteiger partial charge in [-0.2, -0.15) is 0 Å². The Morgan fingerprint density at radius 1 is 0.774 bits per heavy atom. The van der Waals surface area contributed by atoms with Crippen molar-refractivity contribution in [2.45, 2.75) is 25.4 Å². The molecule has 0 unspecified atom stereocenters. The van der Waals surface area contributed by atoms with Crippen LogP contribution in [0.25, 0.3) is 0 Å². The van der Waals surface area contributed by atoms with Gasteiger partial charge in [-0.05, 0) is 61.3 Å². The number of hydrogen-bond acceptors (Lipinski definition) is 6. The highest BCUT2D eigenvalue weighted by atomic mass is 16.5. The van der Waals surface area contributed by atoms with Crippen LogP contribution in [0.5, 0.6) is 17.2 Å². The van der Waals surface area contributed by atoms with Gasteiger partial charge in [-0.25, -0.2) is 0 Å². The van der Waals surface area contributed by atoms with E-state index in [1.807, 2.05) is 18.2 Å². The topological polar surface area (TPSA) is 37.4 Å². The number of methoxy groups -OCH3 is 3. The largest absolute Gasteiger partial charge is 0.497 e. The summed E-state index contributed by atoms with van der Waals surface area (Å²) in [4.78, 5) is 7.76. The molecule has 2 fully saturated rings. The van der Waals surface area contributed by atoms with Gasteiger partial charge in [0.05, 0.1) is 21.3 Å². The first-order chi connectivity index (χ1) is 15.2. The van der Waals surface area contributed by atoms with Crippen molar-refractivity contribution in [1.29, 1.82) is 0 Å². The van der Waals surface area contributed by atoms with Gasteiger partial charge in [0, 0.05) is 57.1 Å². The van der Waals surface area contributed by atoms with Gasteiger partial charge >= 0.3 is 0 Å². The first-order valence-electron chi connectivity index (χ1n) is 11.3. The van der Waals surface area contributed by atoms with Gasteiger partial charge in [-0.3, -0.25) is 9.80 Å². The molecule has 0 spiro atoms. The third-order valence-corrected chi connectivity index (χ3v) is 6.57. The van der Waals surface area contributed by atoms with E-state index in [0.29, 0.717) is 6.04 Å². The Morgan fingerprint density at radius 2 is 1.42 bits per heavy atom. The van der Waals surface area contributed by atoms with Gasteiger partial charge in [-0.15, -0.1) is 0 Å². The van der Waals surface area contributed by atoms with Gasteiger partial charge in [0.2, 0.25) is 0 Å². The maximum absolute atomic E-state index is 5.44. The molecule has 1 atom stereocenters. The molecule has 0 aromatic heterocycles. The number of benzene rings is 2. The van der Waals surface area contributed by atoms with Crippen LogP contribution in [0, 0.1) is 0 Å². The van der Waals surface area contributed by atoms with E-state index in [1.165, 1.54) is 24.1 Å². The Bertz CT molecular complexity index is 812. The highest BCUT2D eigenvalue weighted by molar-refractivity contribution is 5.49. The highest BCUT2D eigenvalue weighted by Gasteiger charge is 2.28. The lowest BCUT2D eigenvalue weighted by Crippen LogP contribution is -2.55. The molecular weight excluding hydrogens is 390 g/mol. The minimum atomic E-state index is 0.638.